The van der Waals surface area contributed by atoms with E-state index in [0.717, 1.165) is 11.5 Å². The molecule has 0 unspecified atom stereocenters. The van der Waals surface area contributed by atoms with Gasteiger partial charge in [-0.3, -0.25) is 0 Å². The van der Waals surface area contributed by atoms with E-state index in [9.17, 15) is 0 Å². The highest BCUT2D eigenvalue weighted by atomic mass is 127. The topological polar surface area (TPSA) is 18.5 Å². The highest BCUT2D eigenvalue weighted by Crippen LogP contribution is 2.26. The molecule has 0 radical (unpaired) electrons. The molecule has 0 amide bonds. The molecule has 0 spiro atoms. The van der Waals surface area contributed by atoms with Crippen LogP contribution in [-0.4, -0.2) is 16.6 Å². The molecule has 0 atom stereocenters. The summed E-state index contributed by atoms with van der Waals surface area (Å²) in [6, 6.07) is 24.9. The van der Waals surface area contributed by atoms with Gasteiger partial charge in [-0.25, -0.2) is 0 Å². The zero-order valence-electron chi connectivity index (χ0n) is 19.1. The molecular formula is C24H38IO2Si2+. The molecule has 0 bridgehead atoms. The minimum Gasteiger partial charge on any atom is -0.544 e. The predicted octanol–water partition coefficient (Wildman–Crippen LogP) is 4.58. The third-order valence-corrected chi connectivity index (χ3v) is 18.1. The first-order chi connectivity index (χ1) is 14.0. The molecule has 0 heterocycles. The predicted molar refractivity (Wildman–Crippen MR) is 126 cm³/mol. The smallest absolute Gasteiger partial charge is 0.357 e. The van der Waals surface area contributed by atoms with Gasteiger partial charge in [0, 0.05) is 0 Å². The first-order valence-electron chi connectivity index (χ1n) is 11.2. The van der Waals surface area contributed by atoms with Crippen LogP contribution in [0.15, 0.2) is 48.5 Å². The van der Waals surface area contributed by atoms with Gasteiger partial charge in [-0.2, -0.15) is 0 Å². The van der Waals surface area contributed by atoms with Crippen LogP contribution in [0.2, 0.25) is 36.3 Å². The van der Waals surface area contributed by atoms with Crippen LogP contribution in [0.1, 0.15) is 41.5 Å². The van der Waals surface area contributed by atoms with E-state index in [0.29, 0.717) is 0 Å². The largest absolute Gasteiger partial charge is 0.544 e. The van der Waals surface area contributed by atoms with Crippen molar-refractivity contribution in [1.29, 1.82) is 0 Å². The number of rotatable bonds is 12. The Balaban J connectivity index is 2.02. The van der Waals surface area contributed by atoms with Crippen LogP contribution in [0, 0.1) is 7.14 Å². The Morgan fingerprint density at radius 1 is 0.517 bits per heavy atom. The van der Waals surface area contributed by atoms with Gasteiger partial charge in [0.05, 0.1) is 0 Å². The van der Waals surface area contributed by atoms with Gasteiger partial charge in [0.15, 0.2) is 7.14 Å². The lowest BCUT2D eigenvalue weighted by Gasteiger charge is -2.28. The van der Waals surface area contributed by atoms with Crippen LogP contribution < -0.4 is 30.1 Å². The molecule has 29 heavy (non-hydrogen) atoms. The first kappa shape index (κ1) is 24.5. The fraction of sp³-hybridized carbons (Fsp3) is 0.500. The normalized spacial score (nSPS) is 12.1. The van der Waals surface area contributed by atoms with Gasteiger partial charge in [-0.15, -0.1) is 0 Å². The van der Waals surface area contributed by atoms with E-state index in [2.05, 4.69) is 90.1 Å². The Morgan fingerprint density at radius 3 is 1.03 bits per heavy atom. The Bertz CT molecular complexity index is 644. The molecule has 2 rings (SSSR count). The van der Waals surface area contributed by atoms with Crippen molar-refractivity contribution >= 4 is 16.6 Å². The maximum atomic E-state index is 6.49. The van der Waals surface area contributed by atoms with Crippen molar-refractivity contribution in [2.75, 3.05) is 0 Å². The lowest BCUT2D eigenvalue weighted by atomic mass is 10.3. The summed E-state index contributed by atoms with van der Waals surface area (Å²) in [4.78, 5) is 0. The second-order valence-electron chi connectivity index (χ2n) is 7.69. The fourth-order valence-electron chi connectivity index (χ4n) is 3.69. The molecule has 0 saturated heterocycles. The van der Waals surface area contributed by atoms with Crippen molar-refractivity contribution < 1.29 is 30.1 Å². The summed E-state index contributed by atoms with van der Waals surface area (Å²) < 4.78 is 15.8. The van der Waals surface area contributed by atoms with Gasteiger partial charge in [-0.1, -0.05) is 41.5 Å². The van der Waals surface area contributed by atoms with Crippen molar-refractivity contribution in [2.24, 2.45) is 0 Å². The maximum Gasteiger partial charge on any atom is 0.357 e. The van der Waals surface area contributed by atoms with Crippen LogP contribution in [0.25, 0.3) is 0 Å². The minimum absolute atomic E-state index is 0.176. The van der Waals surface area contributed by atoms with Crippen LogP contribution in [0.4, 0.5) is 0 Å². The molecule has 2 aromatic carbocycles. The third kappa shape index (κ3) is 6.59. The summed E-state index contributed by atoms with van der Waals surface area (Å²) in [5.41, 5.74) is 0. The fourth-order valence-corrected chi connectivity index (χ4v) is 11.0. The molecule has 0 aromatic heterocycles. The van der Waals surface area contributed by atoms with Crippen LogP contribution >= 0.6 is 0 Å². The van der Waals surface area contributed by atoms with Crippen LogP contribution in [-0.2, 0) is 0 Å². The van der Waals surface area contributed by atoms with E-state index in [4.69, 9.17) is 8.85 Å². The summed E-state index contributed by atoms with van der Waals surface area (Å²) in [7, 11) is -3.17. The Labute approximate surface area is 190 Å². The molecule has 0 N–H and O–H groups in total. The van der Waals surface area contributed by atoms with Crippen LogP contribution in [0.5, 0.6) is 11.5 Å². The molecule has 2 nitrogen and oxygen atoms in total. The van der Waals surface area contributed by atoms with Crippen molar-refractivity contribution in [3.8, 4) is 11.5 Å². The molecule has 0 saturated carbocycles. The van der Waals surface area contributed by atoms with Crippen molar-refractivity contribution in [3.63, 3.8) is 0 Å². The quantitative estimate of drug-likeness (QED) is 0.289. The highest BCUT2D eigenvalue weighted by molar-refractivity contribution is 6.74. The summed E-state index contributed by atoms with van der Waals surface area (Å²) >= 11 is -0.176. The second-order valence-corrected chi connectivity index (χ2v) is 20.1. The molecule has 160 valence electrons. The van der Waals surface area contributed by atoms with Gasteiger partial charge in [-0.05, 0) is 84.8 Å². The van der Waals surface area contributed by atoms with E-state index >= 15 is 0 Å². The maximum absolute atomic E-state index is 6.49. The SMILES string of the molecule is CC[Si](CC)(CC)Oc1ccc([I+]c2ccc(O[Si](CC)(CC)CC)cc2)cc1. The zero-order valence-corrected chi connectivity index (χ0v) is 23.2. The third-order valence-electron chi connectivity index (χ3n) is 6.38. The van der Waals surface area contributed by atoms with E-state index < -0.39 is 16.6 Å². The average Bonchev–Trinajstić information content (AvgIpc) is 2.78. The summed E-state index contributed by atoms with van der Waals surface area (Å²) in [5.74, 6) is 2.11. The average molecular weight is 542 g/mol. The van der Waals surface area contributed by atoms with Gasteiger partial charge >= 0.3 is 21.2 Å². The van der Waals surface area contributed by atoms with Crippen LogP contribution in [0.3, 0.4) is 0 Å². The molecule has 0 aliphatic heterocycles. The number of hydrogen-bond acceptors (Lipinski definition) is 2. The van der Waals surface area contributed by atoms with E-state index in [1.165, 1.54) is 43.4 Å². The standard InChI is InChI=1S/C24H38IO2Si2/c1-7-28(8-2,9-3)26-23-17-13-21(14-18-23)25-22-15-19-24(20-16-22)27-29(10-4,11-5)12-6/h13-20H,7-12H2,1-6H3/q+1. The zero-order chi connectivity index (χ0) is 21.3. The molecule has 0 fully saturated rings. The van der Waals surface area contributed by atoms with Gasteiger partial charge in [0.2, 0.25) is 16.6 Å². The van der Waals surface area contributed by atoms with Gasteiger partial charge in [0.1, 0.15) is 11.5 Å². The molecule has 0 aliphatic rings. The van der Waals surface area contributed by atoms with E-state index in [1.807, 2.05) is 0 Å². The lowest BCUT2D eigenvalue weighted by molar-refractivity contribution is -0.597. The Hall–Kier alpha value is -0.796. The Kier molecular flexibility index (Phi) is 9.75. The number of hydrogen-bond donors (Lipinski definition) is 0. The molecular weight excluding hydrogens is 503 g/mol. The first-order valence-corrected chi connectivity index (χ1v) is 18.4. The van der Waals surface area contributed by atoms with Crippen molar-refractivity contribution in [1.82, 2.24) is 0 Å². The van der Waals surface area contributed by atoms with Gasteiger partial charge < -0.3 is 8.85 Å². The minimum atomic E-state index is -1.59. The Morgan fingerprint density at radius 2 is 0.793 bits per heavy atom. The molecule has 0 aliphatic carbocycles. The molecule has 2 aromatic rings. The second kappa shape index (κ2) is 11.6. The lowest BCUT2D eigenvalue weighted by Crippen LogP contribution is -3.61. The van der Waals surface area contributed by atoms with Gasteiger partial charge in [0.25, 0.3) is 0 Å². The number of benzene rings is 2. The highest BCUT2D eigenvalue weighted by Gasteiger charge is 2.31. The summed E-state index contributed by atoms with van der Waals surface area (Å²) in [6.45, 7) is 13.7. The molecule has 5 heteroatoms. The van der Waals surface area contributed by atoms with E-state index in [1.54, 1.807) is 0 Å². The monoisotopic (exact) mass is 541 g/mol. The van der Waals surface area contributed by atoms with E-state index in [-0.39, 0.29) is 21.2 Å². The van der Waals surface area contributed by atoms with Crippen molar-refractivity contribution in [3.05, 3.63) is 55.7 Å². The van der Waals surface area contributed by atoms with Crippen molar-refractivity contribution in [2.45, 2.75) is 77.8 Å². The summed E-state index contributed by atoms with van der Waals surface area (Å²) in [6.07, 6.45) is 0. The number of halogens is 1. The summed E-state index contributed by atoms with van der Waals surface area (Å²) in [5, 5.41) is 0.